The molecule has 0 fully saturated rings. The van der Waals surface area contributed by atoms with Gasteiger partial charge in [0.25, 0.3) is 5.56 Å². The summed E-state index contributed by atoms with van der Waals surface area (Å²) in [7, 11) is 1.14. The van der Waals surface area contributed by atoms with E-state index in [2.05, 4.69) is 4.98 Å². The number of hydrogen-bond donors (Lipinski definition) is 1. The van der Waals surface area contributed by atoms with Crippen molar-refractivity contribution in [2.75, 3.05) is 13.7 Å². The van der Waals surface area contributed by atoms with Crippen LogP contribution < -0.4 is 5.56 Å². The van der Waals surface area contributed by atoms with Crippen LogP contribution >= 0.6 is 0 Å². The number of nitrogens with one attached hydrogen (secondary N) is 1. The largest absolute Gasteiger partial charge is 0.465 e. The number of H-pyrrole nitrogens is 1. The summed E-state index contributed by atoms with van der Waals surface area (Å²) >= 11 is 0. The van der Waals surface area contributed by atoms with Gasteiger partial charge in [0, 0.05) is 11.3 Å². The topological polar surface area (TPSA) is 85.5 Å². The summed E-state index contributed by atoms with van der Waals surface area (Å²) in [6.07, 6.45) is 0. The highest BCUT2D eigenvalue weighted by Gasteiger charge is 2.29. The molecule has 26 heavy (non-hydrogen) atoms. The quantitative estimate of drug-likeness (QED) is 0.826. The van der Waals surface area contributed by atoms with E-state index in [0.717, 1.165) is 7.11 Å². The van der Waals surface area contributed by atoms with Gasteiger partial charge in [-0.1, -0.05) is 26.0 Å². The number of benzene rings is 1. The molecule has 7 heteroatoms. The van der Waals surface area contributed by atoms with E-state index in [4.69, 9.17) is 9.47 Å². The van der Waals surface area contributed by atoms with E-state index < -0.39 is 23.3 Å². The van der Waals surface area contributed by atoms with Crippen molar-refractivity contribution in [3.8, 4) is 11.1 Å². The summed E-state index contributed by atoms with van der Waals surface area (Å²) in [5.41, 5.74) is -0.209. The number of methoxy groups -OCH3 is 1. The molecule has 1 aromatic carbocycles. The van der Waals surface area contributed by atoms with Gasteiger partial charge < -0.3 is 14.5 Å². The van der Waals surface area contributed by atoms with Crippen molar-refractivity contribution >= 4 is 11.9 Å². The van der Waals surface area contributed by atoms with E-state index in [9.17, 15) is 18.8 Å². The molecule has 0 spiro atoms. The third-order valence-corrected chi connectivity index (χ3v) is 3.82. The van der Waals surface area contributed by atoms with Crippen LogP contribution in [0.1, 0.15) is 53.1 Å². The zero-order valence-corrected chi connectivity index (χ0v) is 15.0. The van der Waals surface area contributed by atoms with Crippen molar-refractivity contribution in [3.63, 3.8) is 0 Å². The Morgan fingerprint density at radius 2 is 1.73 bits per heavy atom. The van der Waals surface area contributed by atoms with Crippen molar-refractivity contribution in [1.29, 1.82) is 0 Å². The molecular weight excluding hydrogens is 341 g/mol. The zero-order valence-electron chi connectivity index (χ0n) is 15.0. The highest BCUT2D eigenvalue weighted by atomic mass is 19.1. The Hall–Kier alpha value is -2.96. The molecule has 0 saturated carbocycles. The molecule has 0 bridgehead atoms. The Morgan fingerprint density at radius 3 is 2.23 bits per heavy atom. The lowest BCUT2D eigenvalue weighted by Crippen LogP contribution is -2.26. The van der Waals surface area contributed by atoms with Crippen molar-refractivity contribution < 1.29 is 23.5 Å². The number of halogens is 1. The Labute approximate surface area is 150 Å². The number of pyridine rings is 1. The first-order valence-corrected chi connectivity index (χ1v) is 8.13. The Morgan fingerprint density at radius 1 is 1.12 bits per heavy atom. The maximum absolute atomic E-state index is 13.3. The highest BCUT2D eigenvalue weighted by molar-refractivity contribution is 6.06. The van der Waals surface area contributed by atoms with Gasteiger partial charge in [0.2, 0.25) is 0 Å². The number of esters is 2. The monoisotopic (exact) mass is 361 g/mol. The minimum Gasteiger partial charge on any atom is -0.465 e. The molecule has 0 radical (unpaired) electrons. The van der Waals surface area contributed by atoms with Crippen LogP contribution in [0.4, 0.5) is 4.39 Å². The van der Waals surface area contributed by atoms with Crippen LogP contribution in [0.25, 0.3) is 11.1 Å². The molecular formula is C19H20FNO5. The highest BCUT2D eigenvalue weighted by Crippen LogP contribution is 2.31. The molecule has 0 aliphatic carbocycles. The number of aromatic amines is 1. The van der Waals surface area contributed by atoms with Gasteiger partial charge in [-0.25, -0.2) is 14.0 Å². The number of ether oxygens (including phenoxy) is 2. The maximum Gasteiger partial charge on any atom is 0.344 e. The normalized spacial score (nSPS) is 10.7. The first-order valence-electron chi connectivity index (χ1n) is 8.13. The molecule has 1 N–H and O–H groups in total. The predicted octanol–water partition coefficient (Wildman–Crippen LogP) is 3.27. The molecule has 138 valence electrons. The van der Waals surface area contributed by atoms with Gasteiger partial charge in [-0.15, -0.1) is 0 Å². The molecule has 0 unspecified atom stereocenters. The molecule has 0 aliphatic rings. The summed E-state index contributed by atoms with van der Waals surface area (Å²) < 4.78 is 23.2. The average Bonchev–Trinajstić information content (AvgIpc) is 2.60. The number of carbonyl (C=O) groups excluding carboxylic acids is 2. The van der Waals surface area contributed by atoms with Gasteiger partial charge in [0.05, 0.1) is 19.3 Å². The SMILES string of the molecule is CCOC(=O)c1c(C(C)C)[nH]c(=O)c(C(=O)OC)c1-c1ccc(F)cc1. The number of aromatic nitrogens is 1. The van der Waals surface area contributed by atoms with Crippen molar-refractivity contribution in [1.82, 2.24) is 4.98 Å². The Bertz CT molecular complexity index is 884. The minimum absolute atomic E-state index is 0.0634. The third kappa shape index (κ3) is 3.66. The van der Waals surface area contributed by atoms with Gasteiger partial charge in [0.1, 0.15) is 11.4 Å². The fourth-order valence-corrected chi connectivity index (χ4v) is 2.67. The third-order valence-electron chi connectivity index (χ3n) is 3.82. The molecule has 0 atom stereocenters. The van der Waals surface area contributed by atoms with Gasteiger partial charge in [-0.05, 0) is 30.5 Å². The lowest BCUT2D eigenvalue weighted by Gasteiger charge is -2.18. The first-order chi connectivity index (χ1) is 12.3. The van der Waals surface area contributed by atoms with E-state index in [1.807, 2.05) is 0 Å². The van der Waals surface area contributed by atoms with E-state index >= 15 is 0 Å². The van der Waals surface area contributed by atoms with Gasteiger partial charge in [-0.3, -0.25) is 4.79 Å². The number of rotatable bonds is 5. The lowest BCUT2D eigenvalue weighted by molar-refractivity contribution is 0.0525. The van der Waals surface area contributed by atoms with Crippen LogP contribution in [0.5, 0.6) is 0 Å². The number of hydrogen-bond acceptors (Lipinski definition) is 5. The Kier molecular flexibility index (Phi) is 5.92. The van der Waals surface area contributed by atoms with E-state index in [1.165, 1.54) is 24.3 Å². The summed E-state index contributed by atoms with van der Waals surface area (Å²) in [5, 5.41) is 0. The molecule has 6 nitrogen and oxygen atoms in total. The summed E-state index contributed by atoms with van der Waals surface area (Å²) in [6, 6.07) is 5.15. The molecule has 0 saturated heterocycles. The second kappa shape index (κ2) is 7.95. The van der Waals surface area contributed by atoms with Crippen molar-refractivity contribution in [2.45, 2.75) is 26.7 Å². The van der Waals surface area contributed by atoms with Crippen LogP contribution in [0.2, 0.25) is 0 Å². The number of carbonyl (C=O) groups is 2. The van der Waals surface area contributed by atoms with Crippen molar-refractivity contribution in [2.24, 2.45) is 0 Å². The summed E-state index contributed by atoms with van der Waals surface area (Å²) in [5.74, 6) is -2.30. The Balaban J connectivity index is 2.97. The van der Waals surface area contributed by atoms with Crippen LogP contribution in [-0.2, 0) is 9.47 Å². The minimum atomic E-state index is -0.897. The molecule has 2 aromatic rings. The summed E-state index contributed by atoms with van der Waals surface area (Å²) in [6.45, 7) is 5.35. The standard InChI is InChI=1S/C19H20FNO5/c1-5-26-19(24)14-13(11-6-8-12(20)9-7-11)15(18(23)25-4)17(22)21-16(14)10(2)3/h6-10H,5H2,1-4H3,(H,21,22). The van der Waals surface area contributed by atoms with Gasteiger partial charge in [0.15, 0.2) is 0 Å². The zero-order chi connectivity index (χ0) is 19.4. The molecule has 2 rings (SSSR count). The van der Waals surface area contributed by atoms with E-state index in [-0.39, 0.29) is 29.2 Å². The fourth-order valence-electron chi connectivity index (χ4n) is 2.67. The van der Waals surface area contributed by atoms with Gasteiger partial charge >= 0.3 is 11.9 Å². The van der Waals surface area contributed by atoms with Crippen molar-refractivity contribution in [3.05, 3.63) is 57.3 Å². The fraction of sp³-hybridized carbons (Fsp3) is 0.316. The second-order valence-electron chi connectivity index (χ2n) is 5.87. The molecule has 1 aromatic heterocycles. The second-order valence-corrected chi connectivity index (χ2v) is 5.87. The van der Waals surface area contributed by atoms with Crippen LogP contribution in [0, 0.1) is 5.82 Å². The molecule has 1 heterocycles. The predicted molar refractivity (Wildman–Crippen MR) is 93.8 cm³/mol. The lowest BCUT2D eigenvalue weighted by atomic mass is 9.91. The maximum atomic E-state index is 13.3. The van der Waals surface area contributed by atoms with Gasteiger partial charge in [-0.2, -0.15) is 0 Å². The van der Waals surface area contributed by atoms with Crippen LogP contribution in [0.3, 0.4) is 0 Å². The summed E-state index contributed by atoms with van der Waals surface area (Å²) in [4.78, 5) is 40.0. The molecule has 0 amide bonds. The van der Waals surface area contributed by atoms with E-state index in [0.29, 0.717) is 11.3 Å². The smallest absolute Gasteiger partial charge is 0.344 e. The van der Waals surface area contributed by atoms with E-state index in [1.54, 1.807) is 20.8 Å². The first kappa shape index (κ1) is 19.4. The molecule has 0 aliphatic heterocycles. The van der Waals surface area contributed by atoms with Crippen LogP contribution in [0.15, 0.2) is 29.1 Å². The average molecular weight is 361 g/mol. The van der Waals surface area contributed by atoms with Crippen LogP contribution in [-0.4, -0.2) is 30.6 Å².